The summed E-state index contributed by atoms with van der Waals surface area (Å²) in [6.07, 6.45) is 1.15. The van der Waals surface area contributed by atoms with Gasteiger partial charge in [0.05, 0.1) is 23.2 Å². The van der Waals surface area contributed by atoms with E-state index in [9.17, 15) is 18.0 Å². The van der Waals surface area contributed by atoms with Crippen LogP contribution in [0.1, 0.15) is 24.2 Å². The Labute approximate surface area is 118 Å². The van der Waals surface area contributed by atoms with Gasteiger partial charge in [-0.25, -0.2) is 18.0 Å². The van der Waals surface area contributed by atoms with Gasteiger partial charge in [-0.15, -0.1) is 0 Å². The number of carbonyl (C=O) groups is 1. The van der Waals surface area contributed by atoms with Crippen molar-refractivity contribution in [2.75, 3.05) is 18.5 Å². The second-order valence-corrected chi connectivity index (χ2v) is 4.18. The molecule has 0 bridgehead atoms. The predicted octanol–water partition coefficient (Wildman–Crippen LogP) is 3.26. The topological polar surface area (TPSA) is 51.2 Å². The van der Waals surface area contributed by atoms with Crippen molar-refractivity contribution in [1.29, 1.82) is 0 Å². The summed E-state index contributed by atoms with van der Waals surface area (Å²) in [5.74, 6) is -5.05. The summed E-state index contributed by atoms with van der Waals surface area (Å²) in [5, 5.41) is 2.50. The minimum Gasteiger partial charge on any atom is -0.462 e. The molecule has 7 heteroatoms. The minimum atomic E-state index is -1.61. The number of pyridine rings is 1. The van der Waals surface area contributed by atoms with E-state index >= 15 is 0 Å². The summed E-state index contributed by atoms with van der Waals surface area (Å²) in [6, 6.07) is 0.781. The Morgan fingerprint density at radius 1 is 1.29 bits per heavy atom. The summed E-state index contributed by atoms with van der Waals surface area (Å²) in [6.45, 7) is 3.82. The Bertz CT molecular complexity index is 704. The molecular weight excluding hydrogens is 285 g/mol. The fourth-order valence-corrected chi connectivity index (χ4v) is 1.98. The van der Waals surface area contributed by atoms with Crippen LogP contribution in [0, 0.1) is 17.5 Å². The fraction of sp³-hybridized carbons (Fsp3) is 0.286. The van der Waals surface area contributed by atoms with Gasteiger partial charge >= 0.3 is 5.97 Å². The molecule has 1 heterocycles. The molecule has 2 rings (SSSR count). The monoisotopic (exact) mass is 298 g/mol. The normalized spacial score (nSPS) is 10.7. The number of ether oxygens (including phenoxy) is 1. The average Bonchev–Trinajstić information content (AvgIpc) is 2.45. The molecule has 21 heavy (non-hydrogen) atoms. The molecule has 0 aliphatic carbocycles. The van der Waals surface area contributed by atoms with Gasteiger partial charge in [-0.1, -0.05) is 0 Å². The summed E-state index contributed by atoms with van der Waals surface area (Å²) in [7, 11) is 0. The van der Waals surface area contributed by atoms with Crippen molar-refractivity contribution in [2.24, 2.45) is 0 Å². The molecule has 1 aromatic heterocycles. The average molecular weight is 298 g/mol. The van der Waals surface area contributed by atoms with Crippen LogP contribution in [0.2, 0.25) is 0 Å². The van der Waals surface area contributed by atoms with Crippen LogP contribution in [0.3, 0.4) is 0 Å². The van der Waals surface area contributed by atoms with Crippen molar-refractivity contribution in [2.45, 2.75) is 13.8 Å². The zero-order valence-electron chi connectivity index (χ0n) is 11.5. The standard InChI is InChI=1S/C14H13F3N2O2/c1-3-18-13-7(14(20)21-4-2)6-19-9-5-8(15)11(16)12(17)10(9)13/h5-6H,3-4H2,1-2H3,(H,18,19). The maximum Gasteiger partial charge on any atom is 0.341 e. The first kappa shape index (κ1) is 15.1. The molecule has 0 amide bonds. The Hall–Kier alpha value is -2.31. The molecule has 0 unspecified atom stereocenters. The Balaban J connectivity index is 2.78. The molecule has 1 aromatic carbocycles. The minimum absolute atomic E-state index is 0.0314. The van der Waals surface area contributed by atoms with Gasteiger partial charge < -0.3 is 10.1 Å². The van der Waals surface area contributed by atoms with Gasteiger partial charge in [-0.3, -0.25) is 4.98 Å². The van der Waals surface area contributed by atoms with E-state index in [1.807, 2.05) is 0 Å². The van der Waals surface area contributed by atoms with Crippen molar-refractivity contribution in [3.8, 4) is 0 Å². The van der Waals surface area contributed by atoms with E-state index in [4.69, 9.17) is 4.74 Å². The summed E-state index contributed by atoms with van der Waals surface area (Å²) in [5.41, 5.74) is -0.0798. The second-order valence-electron chi connectivity index (χ2n) is 4.18. The molecule has 4 nitrogen and oxygen atoms in total. The SMILES string of the molecule is CCNc1c(C(=O)OCC)cnc2cc(F)c(F)c(F)c12. The number of esters is 1. The highest BCUT2D eigenvalue weighted by atomic mass is 19.2. The number of hydrogen-bond donors (Lipinski definition) is 1. The summed E-state index contributed by atoms with van der Waals surface area (Å²) < 4.78 is 45.6. The first-order valence-electron chi connectivity index (χ1n) is 6.38. The Kier molecular flexibility index (Phi) is 4.30. The molecule has 0 atom stereocenters. The van der Waals surface area contributed by atoms with Gasteiger partial charge in [0.15, 0.2) is 17.5 Å². The van der Waals surface area contributed by atoms with Crippen LogP contribution < -0.4 is 5.32 Å². The lowest BCUT2D eigenvalue weighted by Gasteiger charge is -2.13. The van der Waals surface area contributed by atoms with Crippen LogP contribution in [0.25, 0.3) is 10.9 Å². The van der Waals surface area contributed by atoms with Gasteiger partial charge in [0, 0.05) is 18.8 Å². The van der Waals surface area contributed by atoms with E-state index in [1.54, 1.807) is 13.8 Å². The molecule has 0 aliphatic heterocycles. The maximum atomic E-state index is 14.0. The Morgan fingerprint density at radius 3 is 2.62 bits per heavy atom. The van der Waals surface area contributed by atoms with Crippen LogP contribution in [0.15, 0.2) is 12.3 Å². The molecule has 1 N–H and O–H groups in total. The van der Waals surface area contributed by atoms with E-state index in [0.29, 0.717) is 6.54 Å². The molecule has 0 fully saturated rings. The molecule has 0 saturated heterocycles. The van der Waals surface area contributed by atoms with Crippen LogP contribution in [0.4, 0.5) is 18.9 Å². The van der Waals surface area contributed by atoms with Gasteiger partial charge in [-0.2, -0.15) is 0 Å². The summed E-state index contributed by atoms with van der Waals surface area (Å²) in [4.78, 5) is 15.7. The number of hydrogen-bond acceptors (Lipinski definition) is 4. The number of nitrogens with one attached hydrogen (secondary N) is 1. The highest BCUT2D eigenvalue weighted by Gasteiger charge is 2.22. The Morgan fingerprint density at radius 2 is 2.00 bits per heavy atom. The number of nitrogens with zero attached hydrogens (tertiary/aromatic N) is 1. The molecule has 0 aliphatic rings. The van der Waals surface area contributed by atoms with Crippen LogP contribution >= 0.6 is 0 Å². The third-order valence-corrected chi connectivity index (χ3v) is 2.84. The number of fused-ring (bicyclic) bond motifs is 1. The third-order valence-electron chi connectivity index (χ3n) is 2.84. The number of anilines is 1. The van der Waals surface area contributed by atoms with Crippen LogP contribution in [-0.2, 0) is 4.74 Å². The molecule has 112 valence electrons. The highest BCUT2D eigenvalue weighted by Crippen LogP contribution is 2.31. The summed E-state index contributed by atoms with van der Waals surface area (Å²) >= 11 is 0. The van der Waals surface area contributed by atoms with Crippen LogP contribution in [0.5, 0.6) is 0 Å². The lowest BCUT2D eigenvalue weighted by Crippen LogP contribution is -2.12. The van der Waals surface area contributed by atoms with Crippen molar-refractivity contribution >= 4 is 22.6 Å². The predicted molar refractivity (Wildman–Crippen MR) is 71.7 cm³/mol. The lowest BCUT2D eigenvalue weighted by molar-refractivity contribution is 0.0527. The fourth-order valence-electron chi connectivity index (χ4n) is 1.98. The number of rotatable bonds is 4. The van der Waals surface area contributed by atoms with E-state index < -0.39 is 23.4 Å². The van der Waals surface area contributed by atoms with E-state index in [-0.39, 0.29) is 28.8 Å². The third kappa shape index (κ3) is 2.63. The van der Waals surface area contributed by atoms with Crippen molar-refractivity contribution in [3.63, 3.8) is 0 Å². The number of carbonyl (C=O) groups excluding carboxylic acids is 1. The van der Waals surface area contributed by atoms with Gasteiger partial charge in [-0.05, 0) is 13.8 Å². The number of benzene rings is 1. The first-order valence-corrected chi connectivity index (χ1v) is 6.38. The van der Waals surface area contributed by atoms with Crippen molar-refractivity contribution in [3.05, 3.63) is 35.3 Å². The van der Waals surface area contributed by atoms with Crippen molar-refractivity contribution in [1.82, 2.24) is 4.98 Å². The second kappa shape index (κ2) is 5.99. The van der Waals surface area contributed by atoms with E-state index in [2.05, 4.69) is 10.3 Å². The number of aromatic nitrogens is 1. The lowest BCUT2D eigenvalue weighted by atomic mass is 10.1. The van der Waals surface area contributed by atoms with Gasteiger partial charge in [0.25, 0.3) is 0 Å². The quantitative estimate of drug-likeness (QED) is 0.695. The van der Waals surface area contributed by atoms with E-state index in [0.717, 1.165) is 12.3 Å². The smallest absolute Gasteiger partial charge is 0.341 e. The number of halogens is 3. The molecule has 0 spiro atoms. The highest BCUT2D eigenvalue weighted by molar-refractivity contribution is 6.05. The first-order chi connectivity index (χ1) is 10.0. The molecule has 2 aromatic rings. The van der Waals surface area contributed by atoms with Gasteiger partial charge in [0.2, 0.25) is 0 Å². The molecule has 0 radical (unpaired) electrons. The molecule has 0 saturated carbocycles. The van der Waals surface area contributed by atoms with Crippen LogP contribution in [-0.4, -0.2) is 24.1 Å². The van der Waals surface area contributed by atoms with Gasteiger partial charge in [0.1, 0.15) is 5.56 Å². The van der Waals surface area contributed by atoms with Crippen molar-refractivity contribution < 1.29 is 22.7 Å². The largest absolute Gasteiger partial charge is 0.462 e. The zero-order valence-corrected chi connectivity index (χ0v) is 11.5. The zero-order chi connectivity index (χ0) is 15.6. The molecular formula is C14H13F3N2O2. The maximum absolute atomic E-state index is 14.0. The van der Waals surface area contributed by atoms with E-state index in [1.165, 1.54) is 0 Å².